The van der Waals surface area contributed by atoms with Crippen LogP contribution in [0.2, 0.25) is 5.02 Å². The Kier molecular flexibility index (Phi) is 6.15. The van der Waals surface area contributed by atoms with E-state index in [1.165, 1.54) is 0 Å². The molecule has 0 atom stereocenters. The van der Waals surface area contributed by atoms with Crippen LogP contribution < -0.4 is 14.8 Å². The lowest BCUT2D eigenvalue weighted by Gasteiger charge is -2.17. The van der Waals surface area contributed by atoms with Crippen LogP contribution in [0.15, 0.2) is 30.3 Å². The minimum absolute atomic E-state index is 0.0179. The van der Waals surface area contributed by atoms with Crippen molar-refractivity contribution >= 4 is 23.3 Å². The van der Waals surface area contributed by atoms with E-state index in [4.69, 9.17) is 26.2 Å². The Morgan fingerprint density at radius 2 is 1.96 bits per heavy atom. The summed E-state index contributed by atoms with van der Waals surface area (Å²) < 4.78 is 11.1. The molecule has 2 rings (SSSR count). The number of hydrogen-bond donors (Lipinski definition) is 2. The quantitative estimate of drug-likeness (QED) is 0.742. The number of nitrogens with one attached hydrogen (secondary N) is 1. The molecule has 0 radical (unpaired) electrons. The number of halogens is 1. The topological polar surface area (TPSA) is 67.8 Å². The van der Waals surface area contributed by atoms with Gasteiger partial charge >= 0.3 is 5.97 Å². The number of rotatable bonds is 7. The number of carbonyl (C=O) groups is 1. The van der Waals surface area contributed by atoms with Gasteiger partial charge in [-0.2, -0.15) is 0 Å². The highest BCUT2D eigenvalue weighted by Gasteiger charge is 2.12. The molecule has 0 unspecified atom stereocenters. The van der Waals surface area contributed by atoms with Crippen molar-refractivity contribution in [1.29, 1.82) is 0 Å². The first-order chi connectivity index (χ1) is 11.8. The molecule has 2 aromatic carbocycles. The van der Waals surface area contributed by atoms with E-state index in [9.17, 15) is 4.79 Å². The number of aromatic carboxylic acids is 1. The van der Waals surface area contributed by atoms with Crippen LogP contribution >= 0.6 is 11.6 Å². The van der Waals surface area contributed by atoms with E-state index in [0.29, 0.717) is 23.1 Å². The standard InChI is InChI=1S/C19H22ClNO4/c1-11(2)25-18-9-15(20)14(8-17(18)24-4)10-21-16-6-5-13(19(22)23)7-12(16)3/h5-9,11,21H,10H2,1-4H3,(H,22,23). The summed E-state index contributed by atoms with van der Waals surface area (Å²) in [7, 11) is 1.59. The molecule has 6 heteroatoms. The van der Waals surface area contributed by atoms with Crippen molar-refractivity contribution in [2.45, 2.75) is 33.4 Å². The molecule has 0 amide bonds. The summed E-state index contributed by atoms with van der Waals surface area (Å²) in [5.74, 6) is 0.282. The first kappa shape index (κ1) is 18.9. The van der Waals surface area contributed by atoms with Crippen molar-refractivity contribution in [2.24, 2.45) is 0 Å². The van der Waals surface area contributed by atoms with Crippen LogP contribution in [0.4, 0.5) is 5.69 Å². The number of aryl methyl sites for hydroxylation is 1. The Hall–Kier alpha value is -2.40. The fourth-order valence-electron chi connectivity index (χ4n) is 2.40. The third kappa shape index (κ3) is 4.79. The molecule has 0 saturated heterocycles. The molecule has 134 valence electrons. The molecule has 0 spiro atoms. The third-order valence-corrected chi connectivity index (χ3v) is 3.99. The van der Waals surface area contributed by atoms with Crippen molar-refractivity contribution in [2.75, 3.05) is 12.4 Å². The van der Waals surface area contributed by atoms with Crippen LogP contribution in [-0.2, 0) is 6.54 Å². The van der Waals surface area contributed by atoms with Crippen LogP contribution in [0.25, 0.3) is 0 Å². The maximum Gasteiger partial charge on any atom is 0.335 e. The summed E-state index contributed by atoms with van der Waals surface area (Å²) in [5.41, 5.74) is 2.82. The van der Waals surface area contributed by atoms with Gasteiger partial charge in [0.1, 0.15) is 0 Å². The van der Waals surface area contributed by atoms with E-state index in [1.54, 1.807) is 31.4 Å². The molecule has 2 N–H and O–H groups in total. The fourth-order valence-corrected chi connectivity index (χ4v) is 2.62. The van der Waals surface area contributed by atoms with E-state index >= 15 is 0 Å². The normalized spacial score (nSPS) is 10.6. The Bertz CT molecular complexity index is 774. The molecule has 2 aromatic rings. The summed E-state index contributed by atoms with van der Waals surface area (Å²) in [5, 5.41) is 12.9. The van der Waals surface area contributed by atoms with Gasteiger partial charge in [-0.1, -0.05) is 11.6 Å². The Labute approximate surface area is 152 Å². The highest BCUT2D eigenvalue weighted by atomic mass is 35.5. The molecule has 0 bridgehead atoms. The molecule has 0 heterocycles. The smallest absolute Gasteiger partial charge is 0.335 e. The van der Waals surface area contributed by atoms with Gasteiger partial charge in [0.2, 0.25) is 0 Å². The number of ether oxygens (including phenoxy) is 2. The zero-order valence-corrected chi connectivity index (χ0v) is 15.5. The highest BCUT2D eigenvalue weighted by molar-refractivity contribution is 6.31. The molecular weight excluding hydrogens is 342 g/mol. The van der Waals surface area contributed by atoms with E-state index in [1.807, 2.05) is 26.8 Å². The average molecular weight is 364 g/mol. The van der Waals surface area contributed by atoms with Crippen LogP contribution in [0.5, 0.6) is 11.5 Å². The summed E-state index contributed by atoms with van der Waals surface area (Å²) in [6.07, 6.45) is 0.0179. The third-order valence-electron chi connectivity index (χ3n) is 3.64. The predicted octanol–water partition coefficient (Wildman–Crippen LogP) is 4.75. The first-order valence-corrected chi connectivity index (χ1v) is 8.30. The number of carboxylic acid groups (broad SMARTS) is 1. The largest absolute Gasteiger partial charge is 0.493 e. The Morgan fingerprint density at radius 1 is 1.24 bits per heavy atom. The van der Waals surface area contributed by atoms with E-state index in [2.05, 4.69) is 5.32 Å². The van der Waals surface area contributed by atoms with Gasteiger partial charge in [-0.3, -0.25) is 0 Å². The van der Waals surface area contributed by atoms with Crippen LogP contribution in [-0.4, -0.2) is 24.3 Å². The van der Waals surface area contributed by atoms with E-state index in [0.717, 1.165) is 16.8 Å². The van der Waals surface area contributed by atoms with Crippen molar-refractivity contribution in [3.05, 3.63) is 52.0 Å². The van der Waals surface area contributed by atoms with Gasteiger partial charge in [0.15, 0.2) is 11.5 Å². The SMILES string of the molecule is COc1cc(CNc2ccc(C(=O)O)cc2C)c(Cl)cc1OC(C)C. The highest BCUT2D eigenvalue weighted by Crippen LogP contribution is 2.34. The van der Waals surface area contributed by atoms with Crippen molar-refractivity contribution in [3.63, 3.8) is 0 Å². The molecule has 5 nitrogen and oxygen atoms in total. The van der Waals surface area contributed by atoms with Gasteiger partial charge in [-0.15, -0.1) is 0 Å². The molecule has 0 aliphatic rings. The van der Waals surface area contributed by atoms with Gasteiger partial charge in [0.05, 0.1) is 18.8 Å². The zero-order valence-electron chi connectivity index (χ0n) is 14.7. The van der Waals surface area contributed by atoms with Gasteiger partial charge in [0, 0.05) is 23.3 Å². The number of hydrogen-bond acceptors (Lipinski definition) is 4. The molecule has 0 aromatic heterocycles. The second-order valence-electron chi connectivity index (χ2n) is 5.95. The van der Waals surface area contributed by atoms with Gasteiger partial charge in [-0.25, -0.2) is 4.79 Å². The van der Waals surface area contributed by atoms with Crippen LogP contribution in [0.1, 0.15) is 35.3 Å². The second-order valence-corrected chi connectivity index (χ2v) is 6.36. The summed E-state index contributed by atoms with van der Waals surface area (Å²) in [4.78, 5) is 11.0. The maximum atomic E-state index is 11.0. The second kappa shape index (κ2) is 8.12. The van der Waals surface area contributed by atoms with Crippen molar-refractivity contribution in [1.82, 2.24) is 0 Å². The van der Waals surface area contributed by atoms with Gasteiger partial charge < -0.3 is 19.9 Å². The molecular formula is C19H22ClNO4. The minimum Gasteiger partial charge on any atom is -0.493 e. The molecule has 0 aliphatic carbocycles. The number of anilines is 1. The zero-order chi connectivity index (χ0) is 18.6. The number of methoxy groups -OCH3 is 1. The molecule has 0 fully saturated rings. The average Bonchev–Trinajstić information content (AvgIpc) is 2.54. The van der Waals surface area contributed by atoms with Crippen LogP contribution in [0, 0.1) is 6.92 Å². The van der Waals surface area contributed by atoms with Gasteiger partial charge in [0.25, 0.3) is 0 Å². The maximum absolute atomic E-state index is 11.0. The summed E-state index contributed by atoms with van der Waals surface area (Å²) in [6.45, 7) is 6.21. The predicted molar refractivity (Wildman–Crippen MR) is 99.2 cm³/mol. The van der Waals surface area contributed by atoms with Crippen molar-refractivity contribution in [3.8, 4) is 11.5 Å². The summed E-state index contributed by atoms with van der Waals surface area (Å²) in [6, 6.07) is 8.54. The lowest BCUT2D eigenvalue weighted by atomic mass is 10.1. The van der Waals surface area contributed by atoms with Crippen LogP contribution in [0.3, 0.4) is 0 Å². The lowest BCUT2D eigenvalue weighted by Crippen LogP contribution is -2.08. The van der Waals surface area contributed by atoms with Crippen molar-refractivity contribution < 1.29 is 19.4 Å². The molecule has 0 saturated carbocycles. The Balaban J connectivity index is 2.19. The Morgan fingerprint density at radius 3 is 2.52 bits per heavy atom. The summed E-state index contributed by atoms with van der Waals surface area (Å²) >= 11 is 6.36. The minimum atomic E-state index is -0.942. The molecule has 25 heavy (non-hydrogen) atoms. The fraction of sp³-hybridized carbons (Fsp3) is 0.316. The van der Waals surface area contributed by atoms with Gasteiger partial charge in [-0.05, 0) is 56.2 Å². The van der Waals surface area contributed by atoms with E-state index < -0.39 is 5.97 Å². The monoisotopic (exact) mass is 363 g/mol. The first-order valence-electron chi connectivity index (χ1n) is 7.92. The number of carboxylic acids is 1. The molecule has 0 aliphatic heterocycles. The number of benzene rings is 2. The lowest BCUT2D eigenvalue weighted by molar-refractivity contribution is 0.0697. The van der Waals surface area contributed by atoms with E-state index in [-0.39, 0.29) is 11.7 Å².